The summed E-state index contributed by atoms with van der Waals surface area (Å²) in [5.74, 6) is 0.880. The molecular formula is C19H29N5. The maximum absolute atomic E-state index is 4.33. The predicted molar refractivity (Wildman–Crippen MR) is 102 cm³/mol. The molecule has 0 saturated heterocycles. The van der Waals surface area contributed by atoms with Crippen LogP contribution in [0.25, 0.3) is 10.9 Å². The minimum atomic E-state index is 0.518. The van der Waals surface area contributed by atoms with Gasteiger partial charge in [0.15, 0.2) is 5.96 Å². The molecule has 3 rings (SSSR count). The molecule has 1 fully saturated rings. The summed E-state index contributed by atoms with van der Waals surface area (Å²) in [5, 5.41) is 8.16. The summed E-state index contributed by atoms with van der Waals surface area (Å²) in [4.78, 5) is 10.1. The van der Waals surface area contributed by atoms with Gasteiger partial charge in [0, 0.05) is 49.3 Å². The van der Waals surface area contributed by atoms with E-state index >= 15 is 0 Å². The summed E-state index contributed by atoms with van der Waals surface area (Å²) >= 11 is 0. The van der Waals surface area contributed by atoms with Gasteiger partial charge in [-0.1, -0.05) is 18.2 Å². The molecule has 0 spiro atoms. The van der Waals surface area contributed by atoms with Crippen molar-refractivity contribution in [2.45, 2.75) is 38.3 Å². The number of hydrogen-bond donors (Lipinski definition) is 3. The van der Waals surface area contributed by atoms with Crippen molar-refractivity contribution in [1.29, 1.82) is 0 Å². The van der Waals surface area contributed by atoms with Gasteiger partial charge in [0.25, 0.3) is 0 Å². The van der Waals surface area contributed by atoms with Crippen molar-refractivity contribution in [2.24, 2.45) is 4.99 Å². The summed E-state index contributed by atoms with van der Waals surface area (Å²) in [6.45, 7) is 4.05. The maximum Gasteiger partial charge on any atom is 0.191 e. The highest BCUT2D eigenvalue weighted by Crippen LogP contribution is 2.26. The number of aromatic amines is 1. The molecule has 0 amide bonds. The molecule has 1 aromatic carbocycles. The van der Waals surface area contributed by atoms with Gasteiger partial charge in [0.05, 0.1) is 0 Å². The normalized spacial score (nSPS) is 16.6. The number of para-hydroxylation sites is 1. The lowest BCUT2D eigenvalue weighted by Crippen LogP contribution is -2.45. The van der Waals surface area contributed by atoms with Gasteiger partial charge in [0.1, 0.15) is 0 Å². The van der Waals surface area contributed by atoms with Gasteiger partial charge in [0.2, 0.25) is 0 Å². The molecule has 0 radical (unpaired) electrons. The minimum Gasteiger partial charge on any atom is -0.361 e. The van der Waals surface area contributed by atoms with Crippen molar-refractivity contribution in [3.05, 3.63) is 36.0 Å². The lowest BCUT2D eigenvalue weighted by atomic mass is 10.1. The highest BCUT2D eigenvalue weighted by atomic mass is 15.2. The maximum atomic E-state index is 4.33. The first kappa shape index (κ1) is 16.8. The summed E-state index contributed by atoms with van der Waals surface area (Å²) < 4.78 is 0. The van der Waals surface area contributed by atoms with E-state index in [4.69, 9.17) is 0 Å². The molecule has 1 saturated carbocycles. The highest BCUT2D eigenvalue weighted by molar-refractivity contribution is 5.83. The Morgan fingerprint density at radius 1 is 1.33 bits per heavy atom. The van der Waals surface area contributed by atoms with E-state index in [2.05, 4.69) is 69.9 Å². The first-order valence-corrected chi connectivity index (χ1v) is 8.90. The van der Waals surface area contributed by atoms with Crippen molar-refractivity contribution in [1.82, 2.24) is 20.5 Å². The summed E-state index contributed by atoms with van der Waals surface area (Å²) in [7, 11) is 4.05. The van der Waals surface area contributed by atoms with Crippen LogP contribution in [0.3, 0.4) is 0 Å². The fourth-order valence-corrected chi connectivity index (χ4v) is 3.10. The lowest BCUT2D eigenvalue weighted by molar-refractivity contribution is 0.247. The zero-order valence-corrected chi connectivity index (χ0v) is 15.0. The van der Waals surface area contributed by atoms with Crippen LogP contribution >= 0.6 is 0 Å². The monoisotopic (exact) mass is 327 g/mol. The molecule has 1 heterocycles. The van der Waals surface area contributed by atoms with Crippen LogP contribution in [0.15, 0.2) is 35.5 Å². The average Bonchev–Trinajstić information content (AvgIpc) is 3.38. The number of guanidine groups is 1. The number of hydrogen-bond acceptors (Lipinski definition) is 2. The van der Waals surface area contributed by atoms with Crippen molar-refractivity contribution in [2.75, 3.05) is 27.2 Å². The second kappa shape index (κ2) is 7.71. The Balaban J connectivity index is 1.44. The standard InChI is InChI=1S/C19H29N5/c1-14(24(3)16-8-9-16)12-23-19(20-2)21-11-10-15-13-22-18-7-5-4-6-17(15)18/h4-7,13-14,16,22H,8-12H2,1-3H3,(H2,20,21,23). The third kappa shape index (κ3) is 4.09. The lowest BCUT2D eigenvalue weighted by Gasteiger charge is -2.25. The number of nitrogens with zero attached hydrogens (tertiary/aromatic N) is 2. The fourth-order valence-electron chi connectivity index (χ4n) is 3.10. The van der Waals surface area contributed by atoms with Crippen molar-refractivity contribution in [3.63, 3.8) is 0 Å². The van der Waals surface area contributed by atoms with Gasteiger partial charge in [-0.05, 0) is 44.9 Å². The molecular weight excluding hydrogens is 298 g/mol. The van der Waals surface area contributed by atoms with Crippen molar-refractivity contribution >= 4 is 16.9 Å². The second-order valence-electron chi connectivity index (χ2n) is 6.74. The number of nitrogens with one attached hydrogen (secondary N) is 3. The Morgan fingerprint density at radius 2 is 2.12 bits per heavy atom. The summed E-state index contributed by atoms with van der Waals surface area (Å²) in [5.41, 5.74) is 2.54. The third-order valence-corrected chi connectivity index (χ3v) is 4.97. The number of likely N-dealkylation sites (N-methyl/N-ethyl adjacent to an activating group) is 1. The Bertz CT molecular complexity index is 686. The largest absolute Gasteiger partial charge is 0.361 e. The van der Waals surface area contributed by atoms with Gasteiger partial charge in [-0.3, -0.25) is 9.89 Å². The molecule has 1 aliphatic rings. The molecule has 130 valence electrons. The molecule has 2 aromatic rings. The van der Waals surface area contributed by atoms with E-state index in [-0.39, 0.29) is 0 Å². The molecule has 5 heteroatoms. The number of H-pyrrole nitrogens is 1. The van der Waals surface area contributed by atoms with Gasteiger partial charge < -0.3 is 15.6 Å². The van der Waals surface area contributed by atoms with Crippen LogP contribution < -0.4 is 10.6 Å². The smallest absolute Gasteiger partial charge is 0.191 e. The first-order chi connectivity index (χ1) is 11.7. The van der Waals surface area contributed by atoms with Crippen molar-refractivity contribution < 1.29 is 0 Å². The van der Waals surface area contributed by atoms with Crippen LogP contribution in [0.1, 0.15) is 25.3 Å². The molecule has 24 heavy (non-hydrogen) atoms. The average molecular weight is 327 g/mol. The zero-order chi connectivity index (χ0) is 16.9. The molecule has 1 aromatic heterocycles. The summed E-state index contributed by atoms with van der Waals surface area (Å²) in [6, 6.07) is 9.75. The molecule has 1 unspecified atom stereocenters. The highest BCUT2D eigenvalue weighted by Gasteiger charge is 2.28. The quantitative estimate of drug-likeness (QED) is 0.540. The molecule has 1 atom stereocenters. The fraction of sp³-hybridized carbons (Fsp3) is 0.526. The van der Waals surface area contributed by atoms with E-state index in [1.807, 2.05) is 7.05 Å². The van der Waals surface area contributed by atoms with E-state index in [1.165, 1.54) is 29.3 Å². The van der Waals surface area contributed by atoms with Gasteiger partial charge >= 0.3 is 0 Å². The van der Waals surface area contributed by atoms with Crippen molar-refractivity contribution in [3.8, 4) is 0 Å². The van der Waals surface area contributed by atoms with Gasteiger partial charge in [-0.25, -0.2) is 0 Å². The number of aliphatic imine (C=N–C) groups is 1. The topological polar surface area (TPSA) is 55.5 Å². The Kier molecular flexibility index (Phi) is 5.41. The molecule has 3 N–H and O–H groups in total. The van der Waals surface area contributed by atoms with Crippen LogP contribution in [0.2, 0.25) is 0 Å². The number of aromatic nitrogens is 1. The van der Waals surface area contributed by atoms with E-state index in [1.54, 1.807) is 0 Å². The van der Waals surface area contributed by atoms with E-state index in [0.29, 0.717) is 6.04 Å². The molecule has 1 aliphatic carbocycles. The first-order valence-electron chi connectivity index (χ1n) is 8.90. The Morgan fingerprint density at radius 3 is 2.88 bits per heavy atom. The zero-order valence-electron chi connectivity index (χ0n) is 15.0. The third-order valence-electron chi connectivity index (χ3n) is 4.97. The number of fused-ring (bicyclic) bond motifs is 1. The molecule has 0 bridgehead atoms. The van der Waals surface area contributed by atoms with Crippen LogP contribution in [0.4, 0.5) is 0 Å². The van der Waals surface area contributed by atoms with Crippen LogP contribution in [-0.4, -0.2) is 55.1 Å². The minimum absolute atomic E-state index is 0.518. The van der Waals surface area contributed by atoms with E-state index in [0.717, 1.165) is 31.5 Å². The van der Waals surface area contributed by atoms with Gasteiger partial charge in [-0.2, -0.15) is 0 Å². The number of rotatable bonds is 7. The van der Waals surface area contributed by atoms with E-state index < -0.39 is 0 Å². The summed E-state index contributed by atoms with van der Waals surface area (Å²) in [6.07, 6.45) is 5.77. The molecule has 5 nitrogen and oxygen atoms in total. The Hall–Kier alpha value is -2.01. The van der Waals surface area contributed by atoms with Gasteiger partial charge in [-0.15, -0.1) is 0 Å². The van der Waals surface area contributed by atoms with Crippen LogP contribution in [0.5, 0.6) is 0 Å². The predicted octanol–water partition coefficient (Wildman–Crippen LogP) is 2.36. The Labute approximate surface area is 144 Å². The second-order valence-corrected chi connectivity index (χ2v) is 6.74. The van der Waals surface area contributed by atoms with Crippen LogP contribution in [-0.2, 0) is 6.42 Å². The van der Waals surface area contributed by atoms with E-state index in [9.17, 15) is 0 Å². The SMILES string of the molecule is CN=C(NCCc1c[nH]c2ccccc12)NCC(C)N(C)C1CC1. The number of benzene rings is 1. The van der Waals surface area contributed by atoms with Crippen LogP contribution in [0, 0.1) is 0 Å². The molecule has 0 aliphatic heterocycles.